The van der Waals surface area contributed by atoms with E-state index in [1.807, 2.05) is 32.2 Å². The third-order valence-corrected chi connectivity index (χ3v) is 3.32. The minimum atomic E-state index is 0.181. The molecule has 0 saturated heterocycles. The Hall–Kier alpha value is -1.25. The fourth-order valence-corrected chi connectivity index (χ4v) is 2.38. The van der Waals surface area contributed by atoms with Crippen molar-refractivity contribution in [3.8, 4) is 5.75 Å². The number of nitrogens with one attached hydrogen (secondary N) is 1. The van der Waals surface area contributed by atoms with E-state index in [9.17, 15) is 0 Å². The summed E-state index contributed by atoms with van der Waals surface area (Å²) in [4.78, 5) is 4.39. The zero-order chi connectivity index (χ0) is 12.3. The molecule has 0 aliphatic heterocycles. The third kappa shape index (κ3) is 3.11. The second-order valence-electron chi connectivity index (χ2n) is 5.18. The summed E-state index contributed by atoms with van der Waals surface area (Å²) in [7, 11) is 0. The molecular formula is C14H22N2O. The van der Waals surface area contributed by atoms with Crippen LogP contribution in [0.1, 0.15) is 40.0 Å². The molecule has 17 heavy (non-hydrogen) atoms. The first-order valence-electron chi connectivity index (χ1n) is 6.55. The van der Waals surface area contributed by atoms with Crippen molar-refractivity contribution >= 4 is 5.82 Å². The summed E-state index contributed by atoms with van der Waals surface area (Å²) in [5, 5.41) is 3.53. The summed E-state index contributed by atoms with van der Waals surface area (Å²) in [6, 6.07) is 4.44. The van der Waals surface area contributed by atoms with Crippen LogP contribution < -0.4 is 10.1 Å². The number of hydrogen-bond acceptors (Lipinski definition) is 3. The van der Waals surface area contributed by atoms with Crippen LogP contribution in [0.25, 0.3) is 0 Å². The molecule has 0 radical (unpaired) electrons. The molecule has 0 bridgehead atoms. The zero-order valence-corrected chi connectivity index (χ0v) is 10.9. The highest BCUT2D eigenvalue weighted by molar-refractivity contribution is 5.50. The van der Waals surface area contributed by atoms with E-state index in [2.05, 4.69) is 17.2 Å². The number of rotatable bonds is 4. The minimum Gasteiger partial charge on any atom is -0.487 e. The van der Waals surface area contributed by atoms with E-state index in [0.29, 0.717) is 6.04 Å². The first-order chi connectivity index (χ1) is 8.16. The Morgan fingerprint density at radius 3 is 2.88 bits per heavy atom. The van der Waals surface area contributed by atoms with Crippen LogP contribution in [0.5, 0.6) is 5.75 Å². The van der Waals surface area contributed by atoms with E-state index in [4.69, 9.17) is 4.74 Å². The van der Waals surface area contributed by atoms with Gasteiger partial charge >= 0.3 is 0 Å². The van der Waals surface area contributed by atoms with Crippen molar-refractivity contribution < 1.29 is 4.74 Å². The van der Waals surface area contributed by atoms with Crippen LogP contribution in [0.3, 0.4) is 0 Å². The molecule has 0 amide bonds. The van der Waals surface area contributed by atoms with E-state index in [1.54, 1.807) is 0 Å². The van der Waals surface area contributed by atoms with Gasteiger partial charge in [-0.3, -0.25) is 0 Å². The van der Waals surface area contributed by atoms with Crippen LogP contribution in [0, 0.1) is 5.92 Å². The van der Waals surface area contributed by atoms with E-state index < -0.39 is 0 Å². The molecule has 1 fully saturated rings. The molecule has 3 heteroatoms. The molecule has 94 valence electrons. The standard InChI is InChI=1S/C14H22N2O/c1-10(2)17-13-8-5-9-15-14(13)16-12-7-4-6-11(12)3/h5,8-12H,4,6-7H2,1-3H3,(H,15,16). The number of ether oxygens (including phenoxy) is 1. The average Bonchev–Trinajstić information content (AvgIpc) is 2.67. The lowest BCUT2D eigenvalue weighted by Crippen LogP contribution is -2.23. The summed E-state index contributed by atoms with van der Waals surface area (Å²) in [6.07, 6.45) is 5.85. The molecule has 0 spiro atoms. The SMILES string of the molecule is CC(C)Oc1cccnc1NC1CCCC1C. The van der Waals surface area contributed by atoms with Gasteiger partial charge in [0.2, 0.25) is 0 Å². The van der Waals surface area contributed by atoms with Crippen molar-refractivity contribution in [3.05, 3.63) is 18.3 Å². The summed E-state index contributed by atoms with van der Waals surface area (Å²) in [6.45, 7) is 6.38. The molecule has 2 rings (SSSR count). The van der Waals surface area contributed by atoms with Gasteiger partial charge in [-0.05, 0) is 44.7 Å². The molecular weight excluding hydrogens is 212 g/mol. The van der Waals surface area contributed by atoms with Crippen LogP contribution in [-0.4, -0.2) is 17.1 Å². The van der Waals surface area contributed by atoms with Crippen molar-refractivity contribution in [3.63, 3.8) is 0 Å². The quantitative estimate of drug-likeness (QED) is 0.866. The summed E-state index contributed by atoms with van der Waals surface area (Å²) < 4.78 is 5.77. The summed E-state index contributed by atoms with van der Waals surface area (Å²) in [5.74, 6) is 2.48. The minimum absolute atomic E-state index is 0.181. The van der Waals surface area contributed by atoms with Crippen molar-refractivity contribution in [2.45, 2.75) is 52.2 Å². The van der Waals surface area contributed by atoms with Crippen molar-refractivity contribution in [1.29, 1.82) is 0 Å². The lowest BCUT2D eigenvalue weighted by molar-refractivity contribution is 0.242. The van der Waals surface area contributed by atoms with Gasteiger partial charge in [0, 0.05) is 12.2 Å². The van der Waals surface area contributed by atoms with E-state index in [1.165, 1.54) is 19.3 Å². The maximum atomic E-state index is 5.77. The number of pyridine rings is 1. The Morgan fingerprint density at radius 2 is 2.24 bits per heavy atom. The molecule has 1 aliphatic rings. The van der Waals surface area contributed by atoms with Gasteiger partial charge in [-0.1, -0.05) is 13.3 Å². The smallest absolute Gasteiger partial charge is 0.168 e. The molecule has 1 heterocycles. The van der Waals surface area contributed by atoms with Crippen LogP contribution in [0.2, 0.25) is 0 Å². The van der Waals surface area contributed by atoms with Crippen molar-refractivity contribution in [2.24, 2.45) is 5.92 Å². The lowest BCUT2D eigenvalue weighted by atomic mass is 10.1. The van der Waals surface area contributed by atoms with Gasteiger partial charge in [-0.15, -0.1) is 0 Å². The van der Waals surface area contributed by atoms with E-state index in [-0.39, 0.29) is 6.10 Å². The van der Waals surface area contributed by atoms with Crippen LogP contribution in [0.4, 0.5) is 5.82 Å². The highest BCUT2D eigenvalue weighted by atomic mass is 16.5. The normalized spacial score (nSPS) is 24.0. The Morgan fingerprint density at radius 1 is 1.41 bits per heavy atom. The van der Waals surface area contributed by atoms with Crippen LogP contribution in [0.15, 0.2) is 18.3 Å². The van der Waals surface area contributed by atoms with Crippen LogP contribution in [-0.2, 0) is 0 Å². The van der Waals surface area contributed by atoms with Gasteiger partial charge in [0.1, 0.15) is 0 Å². The van der Waals surface area contributed by atoms with Crippen LogP contribution >= 0.6 is 0 Å². The number of aromatic nitrogens is 1. The topological polar surface area (TPSA) is 34.1 Å². The maximum Gasteiger partial charge on any atom is 0.168 e. The predicted octanol–water partition coefficient (Wildman–Crippen LogP) is 3.47. The molecule has 1 aliphatic carbocycles. The molecule has 2 atom stereocenters. The lowest BCUT2D eigenvalue weighted by Gasteiger charge is -2.20. The maximum absolute atomic E-state index is 5.77. The Bertz CT molecular complexity index is 365. The molecule has 1 saturated carbocycles. The molecule has 1 aromatic heterocycles. The molecule has 1 N–H and O–H groups in total. The number of hydrogen-bond donors (Lipinski definition) is 1. The van der Waals surface area contributed by atoms with Gasteiger partial charge in [0.05, 0.1) is 6.10 Å². The second-order valence-corrected chi connectivity index (χ2v) is 5.18. The fourth-order valence-electron chi connectivity index (χ4n) is 2.38. The third-order valence-electron chi connectivity index (χ3n) is 3.32. The van der Waals surface area contributed by atoms with Crippen molar-refractivity contribution in [1.82, 2.24) is 4.98 Å². The van der Waals surface area contributed by atoms with Gasteiger partial charge in [-0.25, -0.2) is 4.98 Å². The van der Waals surface area contributed by atoms with E-state index >= 15 is 0 Å². The van der Waals surface area contributed by atoms with E-state index in [0.717, 1.165) is 17.5 Å². The van der Waals surface area contributed by atoms with Gasteiger partial charge < -0.3 is 10.1 Å². The second kappa shape index (κ2) is 5.39. The fraction of sp³-hybridized carbons (Fsp3) is 0.643. The van der Waals surface area contributed by atoms with Gasteiger partial charge in [0.25, 0.3) is 0 Å². The highest BCUT2D eigenvalue weighted by Crippen LogP contribution is 2.30. The first-order valence-corrected chi connectivity index (χ1v) is 6.55. The Balaban J connectivity index is 2.09. The van der Waals surface area contributed by atoms with Crippen molar-refractivity contribution in [2.75, 3.05) is 5.32 Å². The number of anilines is 1. The molecule has 1 aromatic rings. The Labute approximate surface area is 104 Å². The van der Waals surface area contributed by atoms with Gasteiger partial charge in [-0.2, -0.15) is 0 Å². The molecule has 2 unspecified atom stereocenters. The van der Waals surface area contributed by atoms with Gasteiger partial charge in [0.15, 0.2) is 11.6 Å². The predicted molar refractivity (Wildman–Crippen MR) is 70.4 cm³/mol. The average molecular weight is 234 g/mol. The monoisotopic (exact) mass is 234 g/mol. The summed E-state index contributed by atoms with van der Waals surface area (Å²) in [5.41, 5.74) is 0. The largest absolute Gasteiger partial charge is 0.487 e. The molecule has 0 aromatic carbocycles. The highest BCUT2D eigenvalue weighted by Gasteiger charge is 2.24. The summed E-state index contributed by atoms with van der Waals surface area (Å²) >= 11 is 0. The Kier molecular flexibility index (Phi) is 3.87. The number of nitrogens with zero attached hydrogens (tertiary/aromatic N) is 1. The molecule has 3 nitrogen and oxygen atoms in total. The zero-order valence-electron chi connectivity index (χ0n) is 10.9. The first kappa shape index (κ1) is 12.2.